The van der Waals surface area contributed by atoms with Crippen LogP contribution in [0, 0.1) is 0 Å². The minimum absolute atomic E-state index is 0.0775. The molecule has 0 unspecified atom stereocenters. The first-order valence-electron chi connectivity index (χ1n) is 25.4. The molecule has 28 heteroatoms. The van der Waals surface area contributed by atoms with Gasteiger partial charge in [-0.05, 0) is 62.3 Å². The van der Waals surface area contributed by atoms with Crippen LogP contribution in [-0.4, -0.2) is 178 Å². The Morgan fingerprint density at radius 3 is 0.920 bits per heavy atom. The van der Waals surface area contributed by atoms with Gasteiger partial charge in [0.2, 0.25) is 0 Å². The van der Waals surface area contributed by atoms with Crippen molar-refractivity contribution in [3.63, 3.8) is 0 Å². The Balaban J connectivity index is -0.000000174. The van der Waals surface area contributed by atoms with Crippen LogP contribution in [0.4, 0.5) is 0 Å². The van der Waals surface area contributed by atoms with Crippen molar-refractivity contribution in [3.05, 3.63) is 110 Å². The van der Waals surface area contributed by atoms with Crippen molar-refractivity contribution < 1.29 is 133 Å². The maximum absolute atomic E-state index is 11.3. The van der Waals surface area contributed by atoms with E-state index in [1.54, 1.807) is 62.3 Å². The molecule has 0 aliphatic carbocycles. The van der Waals surface area contributed by atoms with Crippen LogP contribution in [0.1, 0.15) is 94.4 Å². The summed E-state index contributed by atoms with van der Waals surface area (Å²) in [5, 5.41) is 0. The number of methoxy groups -OCH3 is 8. The Labute approximate surface area is 514 Å². The monoisotopic (exact) mass is 1260 g/mol. The molecule has 0 rings (SSSR count). The van der Waals surface area contributed by atoms with Gasteiger partial charge < -0.3 is 66.3 Å². The topological polar surface area (TPSA) is 368 Å². The van der Waals surface area contributed by atoms with Crippen LogP contribution in [0.3, 0.4) is 0 Å². The van der Waals surface area contributed by atoms with Crippen molar-refractivity contribution in [2.24, 2.45) is 0 Å². The normalized spacial score (nSPS) is 9.61. The maximum Gasteiger partial charge on any atom is 0.334 e. The summed E-state index contributed by atoms with van der Waals surface area (Å²) in [5.41, 5.74) is -0.614. The van der Waals surface area contributed by atoms with Crippen LogP contribution in [0.5, 0.6) is 0 Å². The molecule has 0 radical (unpaired) electrons. The molecule has 0 saturated heterocycles. The molecular formula is C60H88O28. The highest BCUT2D eigenvalue weighted by Gasteiger charge is 2.21. The summed E-state index contributed by atoms with van der Waals surface area (Å²) in [7, 11) is 9.93. The second kappa shape index (κ2) is 55.1. The van der Waals surface area contributed by atoms with Crippen LogP contribution in [0.2, 0.25) is 0 Å². The van der Waals surface area contributed by atoms with Crippen molar-refractivity contribution in [3.8, 4) is 0 Å². The lowest BCUT2D eigenvalue weighted by Crippen LogP contribution is -2.25. The Bertz CT molecular complexity index is 2440. The van der Waals surface area contributed by atoms with Crippen LogP contribution >= 0.6 is 0 Å². The molecule has 0 heterocycles. The number of hydrogen-bond donors (Lipinski definition) is 0. The summed E-state index contributed by atoms with van der Waals surface area (Å²) in [6.45, 7) is 39.8. The number of carbonyl (C=O) groups excluding carboxylic acids is 14. The number of hydrogen-bond acceptors (Lipinski definition) is 28. The SMILES string of the molecule is C=C(CC(=O)OC)C(=O)OC.C=C(CC(=O)OC)C(=O)OC(C)(C)C.C=C(CC(=O)OC)C(=O)OC(C)C.C=C(CC(=O)OC)C(=O)OCC.C=CCOC(=O)/C=C\C(=O)OC.C=CCOC(=O)C(=C)CC(=O)OC.COC(=O)/C=C\C(=O)OC(C)(C)C. The molecule has 496 valence electrons. The second-order valence-corrected chi connectivity index (χ2v) is 18.0. The van der Waals surface area contributed by atoms with E-state index < -0.39 is 94.8 Å². The first-order valence-corrected chi connectivity index (χ1v) is 25.4. The molecule has 0 aromatic rings. The molecule has 0 spiro atoms. The van der Waals surface area contributed by atoms with Crippen molar-refractivity contribution in [1.82, 2.24) is 0 Å². The third-order valence-corrected chi connectivity index (χ3v) is 7.77. The molecular weight excluding hydrogens is 1170 g/mol. The van der Waals surface area contributed by atoms with E-state index in [1.165, 1.54) is 69.0 Å². The van der Waals surface area contributed by atoms with Gasteiger partial charge in [0.05, 0.1) is 102 Å². The van der Waals surface area contributed by atoms with E-state index in [-0.39, 0.29) is 85.9 Å². The summed E-state index contributed by atoms with van der Waals surface area (Å²) in [6, 6.07) is 0. The molecule has 28 nitrogen and oxygen atoms in total. The smallest absolute Gasteiger partial charge is 0.334 e. The Morgan fingerprint density at radius 1 is 0.352 bits per heavy atom. The number of rotatable bonds is 25. The maximum atomic E-state index is 11.3. The fourth-order valence-corrected chi connectivity index (χ4v) is 3.79. The van der Waals surface area contributed by atoms with Gasteiger partial charge in [-0.15, -0.1) is 0 Å². The van der Waals surface area contributed by atoms with Crippen molar-refractivity contribution in [2.45, 2.75) is 112 Å². The van der Waals surface area contributed by atoms with E-state index >= 15 is 0 Å². The molecule has 0 amide bonds. The predicted molar refractivity (Wildman–Crippen MR) is 315 cm³/mol. The first kappa shape index (κ1) is 92.0. The van der Waals surface area contributed by atoms with Crippen LogP contribution < -0.4 is 0 Å². The molecule has 0 aromatic carbocycles. The van der Waals surface area contributed by atoms with Crippen molar-refractivity contribution in [1.29, 1.82) is 0 Å². The zero-order valence-electron chi connectivity index (χ0n) is 53.6. The zero-order valence-corrected chi connectivity index (χ0v) is 53.6. The largest absolute Gasteiger partial charge is 0.469 e. The molecule has 0 atom stereocenters. The minimum atomic E-state index is -0.606. The summed E-state index contributed by atoms with van der Waals surface area (Å²) in [4.78, 5) is 151. The van der Waals surface area contributed by atoms with Crippen LogP contribution in [-0.2, 0) is 133 Å². The van der Waals surface area contributed by atoms with Crippen LogP contribution in [0.15, 0.2) is 110 Å². The zero-order chi connectivity index (χ0) is 70.3. The van der Waals surface area contributed by atoms with Gasteiger partial charge in [0.1, 0.15) is 24.4 Å². The number of ether oxygens (including phenoxy) is 14. The second-order valence-electron chi connectivity index (χ2n) is 18.0. The lowest BCUT2D eigenvalue weighted by atomic mass is 10.1. The van der Waals surface area contributed by atoms with Gasteiger partial charge in [-0.2, -0.15) is 0 Å². The van der Waals surface area contributed by atoms with Gasteiger partial charge in [-0.3, -0.25) is 24.0 Å². The molecule has 0 aliphatic rings. The summed E-state index contributed by atoms with van der Waals surface area (Å²) in [6.07, 6.45) is 6.07. The van der Waals surface area contributed by atoms with Crippen LogP contribution in [0.25, 0.3) is 0 Å². The molecule has 0 aromatic heterocycles. The van der Waals surface area contributed by atoms with E-state index in [9.17, 15) is 67.1 Å². The number of esters is 14. The molecule has 0 bridgehead atoms. The molecule has 0 fully saturated rings. The quantitative estimate of drug-likeness (QED) is 0.0451. The summed E-state index contributed by atoms with van der Waals surface area (Å²) < 4.78 is 63.1. The Kier molecular flexibility index (Phi) is 57.6. The van der Waals surface area contributed by atoms with Gasteiger partial charge in [0, 0.05) is 52.2 Å². The highest BCUT2D eigenvalue weighted by molar-refractivity contribution is 5.96. The highest BCUT2D eigenvalue weighted by Crippen LogP contribution is 2.13. The Morgan fingerprint density at radius 2 is 0.636 bits per heavy atom. The highest BCUT2D eigenvalue weighted by atomic mass is 16.6. The van der Waals surface area contributed by atoms with Gasteiger partial charge in [-0.25, -0.2) is 43.2 Å². The van der Waals surface area contributed by atoms with Gasteiger partial charge in [0.15, 0.2) is 0 Å². The molecule has 0 aliphatic heterocycles. The lowest BCUT2D eigenvalue weighted by Gasteiger charge is -2.19. The standard InChI is InChI=1S/C10H16O4.2C9H14O4.C9H12O4.C8H12O4.C8H10O4.C7H10O4/c1-7(6-8(11)13-5)9(12)14-10(2,3)4;1-9(2,3)13-8(11)6-5-7(10)12-4;1-6(2)13-9(11)7(3)5-8(10)12-4;1-4-5-13-9(11)7(2)6-8(10)12-3;1-4-12-8(10)6(2)5-7(9)11-3;1-3-6-12-8(10)5-4-7(9)11-2;1-5(7(9)11-3)4-6(8)10-2/h1,6H2,2-5H3;5-6H,1-4H3;6H,3,5H2,1-2,4H3;4H,1-2,5-6H2,3H3;2,4-5H2,1,3H3;3-5H,1,6H2,2H3;1,4H2,2-3H3/b;6-5-;;;;5-4-;. The third kappa shape index (κ3) is 65.4. The van der Waals surface area contributed by atoms with E-state index in [1.807, 2.05) is 0 Å². The average molecular weight is 1260 g/mol. The lowest BCUT2D eigenvalue weighted by molar-refractivity contribution is -0.152. The number of carbonyl (C=O) groups is 14. The molecule has 0 N–H and O–H groups in total. The first-order chi connectivity index (χ1) is 40.6. The third-order valence-electron chi connectivity index (χ3n) is 7.77. The minimum Gasteiger partial charge on any atom is -0.469 e. The molecule has 88 heavy (non-hydrogen) atoms. The van der Waals surface area contributed by atoms with E-state index in [4.69, 9.17) is 14.2 Å². The Hall–Kier alpha value is -9.76. The van der Waals surface area contributed by atoms with Crippen molar-refractivity contribution >= 4 is 83.6 Å². The van der Waals surface area contributed by atoms with Gasteiger partial charge in [0.25, 0.3) is 0 Å². The van der Waals surface area contributed by atoms with E-state index in [0.717, 1.165) is 24.3 Å². The van der Waals surface area contributed by atoms with Gasteiger partial charge in [-0.1, -0.05) is 58.2 Å². The van der Waals surface area contributed by atoms with E-state index in [2.05, 4.69) is 98.2 Å². The fraction of sp³-hybridized carbons (Fsp3) is 0.467. The summed E-state index contributed by atoms with van der Waals surface area (Å²) >= 11 is 0. The average Bonchev–Trinajstić information content (AvgIpc) is 3.53. The predicted octanol–water partition coefficient (Wildman–Crippen LogP) is 5.79. The van der Waals surface area contributed by atoms with Gasteiger partial charge >= 0.3 is 83.6 Å². The fourth-order valence-electron chi connectivity index (χ4n) is 3.79. The van der Waals surface area contributed by atoms with E-state index in [0.29, 0.717) is 0 Å². The molecule has 0 saturated carbocycles. The summed E-state index contributed by atoms with van der Waals surface area (Å²) in [5.74, 6) is -7.69. The van der Waals surface area contributed by atoms with Crippen molar-refractivity contribution in [2.75, 3.05) is 76.7 Å².